The third-order valence-corrected chi connectivity index (χ3v) is 2.86. The predicted molar refractivity (Wildman–Crippen MR) is 81.2 cm³/mol. The molecule has 2 heterocycles. The Bertz CT molecular complexity index is 628. The predicted octanol–water partition coefficient (Wildman–Crippen LogP) is 4.07. The first kappa shape index (κ1) is 15.2. The van der Waals surface area contributed by atoms with E-state index in [4.69, 9.17) is 0 Å². The van der Waals surface area contributed by atoms with Crippen molar-refractivity contribution in [1.29, 1.82) is 0 Å². The summed E-state index contributed by atoms with van der Waals surface area (Å²) in [7, 11) is 0. The molecule has 2 aromatic heterocycles. The van der Waals surface area contributed by atoms with E-state index in [1.807, 2.05) is 60.7 Å². The van der Waals surface area contributed by atoms with Crippen LogP contribution >= 0.6 is 0 Å². The van der Waals surface area contributed by atoms with Gasteiger partial charge in [0.05, 0.1) is 0 Å². The van der Waals surface area contributed by atoms with Gasteiger partial charge in [-0.2, -0.15) is 48.5 Å². The summed E-state index contributed by atoms with van der Waals surface area (Å²) in [6, 6.07) is 25.7. The second kappa shape index (κ2) is 7.53. The summed E-state index contributed by atoms with van der Waals surface area (Å²) in [5.74, 6) is 0. The van der Waals surface area contributed by atoms with Gasteiger partial charge in [-0.15, -0.1) is 22.9 Å². The molecule has 0 aliphatic rings. The Morgan fingerprint density at radius 1 is 0.619 bits per heavy atom. The molecule has 0 bridgehead atoms. The molecule has 2 nitrogen and oxygen atoms in total. The van der Waals surface area contributed by atoms with Gasteiger partial charge >= 0.3 is 17.1 Å². The van der Waals surface area contributed by atoms with Crippen molar-refractivity contribution >= 4 is 21.8 Å². The van der Waals surface area contributed by atoms with Gasteiger partial charge < -0.3 is 0 Å². The molecule has 0 amide bonds. The zero-order valence-electron chi connectivity index (χ0n) is 11.2. The maximum absolute atomic E-state index is 4.13. The Balaban J connectivity index is 0.000000147. The summed E-state index contributed by atoms with van der Waals surface area (Å²) in [4.78, 5) is 8.25. The van der Waals surface area contributed by atoms with Crippen molar-refractivity contribution in [1.82, 2.24) is 9.97 Å². The fraction of sp³-hybridized carbons (Fsp3) is 0. The average Bonchev–Trinajstić information content (AvgIpc) is 2.56. The maximum Gasteiger partial charge on any atom is 2.00 e. The van der Waals surface area contributed by atoms with E-state index in [2.05, 4.69) is 22.1 Å². The molecular weight excluding hydrogens is 299 g/mol. The third-order valence-electron chi connectivity index (χ3n) is 2.86. The maximum atomic E-state index is 4.13. The van der Waals surface area contributed by atoms with Crippen LogP contribution in [0.25, 0.3) is 21.8 Å². The average molecular weight is 311 g/mol. The van der Waals surface area contributed by atoms with Crippen molar-refractivity contribution in [3.05, 3.63) is 85.2 Å². The van der Waals surface area contributed by atoms with Crippen LogP contribution in [0.4, 0.5) is 0 Å². The molecule has 0 aliphatic carbocycles. The number of hydrogen-bond donors (Lipinski definition) is 0. The molecule has 4 aromatic rings. The minimum Gasteiger partial charge on any atom is -0.283 e. The van der Waals surface area contributed by atoms with Gasteiger partial charge in [-0.25, -0.2) is 0 Å². The third kappa shape index (κ3) is 3.88. The molecule has 4 rings (SSSR count). The van der Waals surface area contributed by atoms with E-state index in [1.165, 1.54) is 0 Å². The van der Waals surface area contributed by atoms with Crippen LogP contribution in [0.5, 0.6) is 0 Å². The number of para-hydroxylation sites is 2. The normalized spacial score (nSPS) is 9.52. The molecule has 3 heteroatoms. The summed E-state index contributed by atoms with van der Waals surface area (Å²) in [5, 5.41) is 2.29. The van der Waals surface area contributed by atoms with E-state index < -0.39 is 0 Å². The van der Waals surface area contributed by atoms with Crippen LogP contribution in [-0.4, -0.2) is 9.97 Å². The molecule has 21 heavy (non-hydrogen) atoms. The van der Waals surface area contributed by atoms with Crippen LogP contribution in [0.15, 0.2) is 73.1 Å². The van der Waals surface area contributed by atoms with Crippen molar-refractivity contribution in [3.63, 3.8) is 0 Å². The first-order valence-electron chi connectivity index (χ1n) is 6.36. The van der Waals surface area contributed by atoms with E-state index in [1.54, 1.807) is 12.4 Å². The smallest absolute Gasteiger partial charge is 0.283 e. The Hall–Kier alpha value is -2.22. The van der Waals surface area contributed by atoms with Gasteiger partial charge in [0.25, 0.3) is 0 Å². The van der Waals surface area contributed by atoms with Gasteiger partial charge in [0.1, 0.15) is 0 Å². The fourth-order valence-electron chi connectivity index (χ4n) is 1.90. The number of hydrogen-bond acceptors (Lipinski definition) is 2. The fourth-order valence-corrected chi connectivity index (χ4v) is 1.90. The molecule has 0 spiro atoms. The molecule has 0 saturated heterocycles. The van der Waals surface area contributed by atoms with Gasteiger partial charge in [-0.05, 0) is 11.0 Å². The number of nitrogens with zero attached hydrogens (tertiary/aromatic N) is 2. The largest absolute Gasteiger partial charge is 2.00 e. The van der Waals surface area contributed by atoms with Gasteiger partial charge in [0, 0.05) is 12.4 Å². The molecule has 0 saturated carbocycles. The minimum atomic E-state index is 0. The van der Waals surface area contributed by atoms with E-state index in [0.29, 0.717) is 0 Å². The molecule has 0 atom stereocenters. The zero-order chi connectivity index (χ0) is 13.6. The summed E-state index contributed by atoms with van der Waals surface area (Å²) >= 11 is 0. The first-order valence-corrected chi connectivity index (χ1v) is 6.36. The number of fused-ring (bicyclic) bond motifs is 2. The van der Waals surface area contributed by atoms with Gasteiger partial charge in [0.15, 0.2) is 0 Å². The van der Waals surface area contributed by atoms with Crippen molar-refractivity contribution in [3.8, 4) is 0 Å². The number of rotatable bonds is 0. The van der Waals surface area contributed by atoms with Crippen LogP contribution in [0.1, 0.15) is 0 Å². The van der Waals surface area contributed by atoms with Gasteiger partial charge in [0.2, 0.25) is 0 Å². The van der Waals surface area contributed by atoms with E-state index in [-0.39, 0.29) is 17.1 Å². The molecule has 0 fully saturated rings. The van der Waals surface area contributed by atoms with E-state index >= 15 is 0 Å². The summed E-state index contributed by atoms with van der Waals surface area (Å²) in [6.45, 7) is 0. The van der Waals surface area contributed by atoms with Gasteiger partial charge in [-0.3, -0.25) is 9.97 Å². The Morgan fingerprint density at radius 3 is 1.48 bits per heavy atom. The van der Waals surface area contributed by atoms with Crippen LogP contribution in [0.2, 0.25) is 0 Å². The Labute approximate surface area is 134 Å². The molecule has 0 aliphatic heterocycles. The number of aromatic nitrogens is 2. The van der Waals surface area contributed by atoms with Crippen LogP contribution < -0.4 is 0 Å². The summed E-state index contributed by atoms with van der Waals surface area (Å²) in [5.41, 5.74) is 1.87. The molecule has 0 unspecified atom stereocenters. The monoisotopic (exact) mass is 311 g/mol. The van der Waals surface area contributed by atoms with Crippen LogP contribution in [-0.2, 0) is 17.1 Å². The molecule has 101 valence electrons. The Kier molecular flexibility index (Phi) is 5.44. The molecule has 0 N–H and O–H groups in total. The number of pyridine rings is 2. The number of benzene rings is 2. The molecular formula is C18H12MnN2. The first-order chi connectivity index (χ1) is 9.93. The molecule has 2 aromatic carbocycles. The van der Waals surface area contributed by atoms with Crippen LogP contribution in [0, 0.1) is 12.1 Å². The topological polar surface area (TPSA) is 25.8 Å². The van der Waals surface area contributed by atoms with E-state index in [9.17, 15) is 0 Å². The standard InChI is InChI=1S/2C9H6N.Mn/c2*1-2-6-9-8(4-1)5-3-7-10-9;/h2*1-5,7H;/q2*-1;+2. The molecule has 1 radical (unpaired) electrons. The van der Waals surface area contributed by atoms with Gasteiger partial charge in [-0.1, -0.05) is 12.1 Å². The minimum absolute atomic E-state index is 0. The SMILES string of the molecule is [Mn+2].[c-]1cccc2cccnc12.[c-]1cccc2cccnc12. The second-order valence-electron chi connectivity index (χ2n) is 4.22. The summed E-state index contributed by atoms with van der Waals surface area (Å²) in [6.07, 6.45) is 3.55. The van der Waals surface area contributed by atoms with Crippen molar-refractivity contribution in [2.75, 3.05) is 0 Å². The summed E-state index contributed by atoms with van der Waals surface area (Å²) < 4.78 is 0. The van der Waals surface area contributed by atoms with Crippen molar-refractivity contribution in [2.24, 2.45) is 0 Å². The second-order valence-corrected chi connectivity index (χ2v) is 4.22. The van der Waals surface area contributed by atoms with Crippen molar-refractivity contribution in [2.45, 2.75) is 0 Å². The van der Waals surface area contributed by atoms with Crippen molar-refractivity contribution < 1.29 is 17.1 Å². The van der Waals surface area contributed by atoms with Crippen LogP contribution in [0.3, 0.4) is 0 Å². The zero-order valence-corrected chi connectivity index (χ0v) is 12.4. The van der Waals surface area contributed by atoms with E-state index in [0.717, 1.165) is 21.8 Å². The quantitative estimate of drug-likeness (QED) is 0.361. The Morgan fingerprint density at radius 2 is 1.05 bits per heavy atom.